The molecule has 4 nitrogen and oxygen atoms in total. The highest BCUT2D eigenvalue weighted by molar-refractivity contribution is 7.15. The zero-order chi connectivity index (χ0) is 14.4. The minimum Gasteiger partial charge on any atom is -0.267 e. The Morgan fingerprint density at radius 3 is 3.00 bits per heavy atom. The number of halogens is 1. The molecule has 0 bridgehead atoms. The maximum atomic E-state index is 13.2. The van der Waals surface area contributed by atoms with Crippen LogP contribution >= 0.6 is 11.3 Å². The number of hydrogen-bond donors (Lipinski definition) is 0. The van der Waals surface area contributed by atoms with Crippen molar-refractivity contribution in [2.24, 2.45) is 0 Å². The highest BCUT2D eigenvalue weighted by Crippen LogP contribution is 2.13. The zero-order valence-corrected chi connectivity index (χ0v) is 11.5. The van der Waals surface area contributed by atoms with Crippen LogP contribution in [0.15, 0.2) is 47.4 Å². The fraction of sp³-hybridized carbons (Fsp3) is 0. The van der Waals surface area contributed by atoms with Gasteiger partial charge in [-0.1, -0.05) is 23.5 Å². The lowest BCUT2D eigenvalue weighted by Crippen LogP contribution is -2.22. The monoisotopic (exact) mass is 297 g/mol. The second-order valence-electron chi connectivity index (χ2n) is 4.55. The van der Waals surface area contributed by atoms with Crippen LogP contribution in [0.5, 0.6) is 0 Å². The van der Waals surface area contributed by atoms with E-state index in [-0.39, 0.29) is 11.4 Å². The average Bonchev–Trinajstić information content (AvgIpc) is 2.97. The summed E-state index contributed by atoms with van der Waals surface area (Å²) in [5.74, 6) is -0.329. The van der Waals surface area contributed by atoms with Gasteiger partial charge in [0.15, 0.2) is 10.6 Å². The van der Waals surface area contributed by atoms with E-state index in [9.17, 15) is 9.18 Å². The van der Waals surface area contributed by atoms with Gasteiger partial charge in [0.2, 0.25) is 0 Å². The number of rotatable bonds is 1. The molecule has 0 aliphatic rings. The van der Waals surface area contributed by atoms with Crippen LogP contribution < -0.4 is 10.1 Å². The summed E-state index contributed by atoms with van der Waals surface area (Å²) in [5.41, 5.74) is 1.71. The molecular formula is C15H8FN3OS. The molecule has 0 atom stereocenters. The molecule has 0 aliphatic carbocycles. The number of fused-ring (bicyclic) bond motifs is 3. The number of pyridine rings is 1. The first-order valence-corrected chi connectivity index (χ1v) is 7.07. The normalized spacial score (nSPS) is 12.5. The van der Waals surface area contributed by atoms with E-state index in [1.165, 1.54) is 27.9 Å². The largest absolute Gasteiger partial charge is 0.276 e. The second kappa shape index (κ2) is 4.46. The standard InChI is InChI=1S/C15H8FN3OS/c16-10-4-1-3-9(7-10)8-12-14(20)19-13-11(5-2-6-17-13)18-15(19)21-12/h1-8H/b12-8-. The predicted octanol–water partition coefficient (Wildman–Crippen LogP) is 1.99. The molecule has 0 N–H and O–H groups in total. The van der Waals surface area contributed by atoms with Crippen molar-refractivity contribution in [1.82, 2.24) is 14.4 Å². The summed E-state index contributed by atoms with van der Waals surface area (Å²) in [5, 5.41) is 0. The van der Waals surface area contributed by atoms with Crippen LogP contribution in [-0.4, -0.2) is 14.4 Å². The van der Waals surface area contributed by atoms with E-state index in [2.05, 4.69) is 9.97 Å². The summed E-state index contributed by atoms with van der Waals surface area (Å²) in [6.45, 7) is 0. The van der Waals surface area contributed by atoms with Gasteiger partial charge >= 0.3 is 0 Å². The third kappa shape index (κ3) is 1.92. The smallest absolute Gasteiger partial charge is 0.267 e. The van der Waals surface area contributed by atoms with Crippen LogP contribution in [0.4, 0.5) is 4.39 Å². The first kappa shape index (κ1) is 12.2. The highest BCUT2D eigenvalue weighted by Gasteiger charge is 2.11. The molecule has 0 saturated carbocycles. The Bertz CT molecular complexity index is 1080. The minimum atomic E-state index is -0.329. The van der Waals surface area contributed by atoms with Gasteiger partial charge in [-0.15, -0.1) is 0 Å². The molecule has 0 spiro atoms. The van der Waals surface area contributed by atoms with Gasteiger partial charge in [-0.25, -0.2) is 18.8 Å². The molecule has 0 radical (unpaired) electrons. The van der Waals surface area contributed by atoms with Crippen LogP contribution in [0.2, 0.25) is 0 Å². The van der Waals surface area contributed by atoms with Crippen molar-refractivity contribution in [2.75, 3.05) is 0 Å². The minimum absolute atomic E-state index is 0.180. The fourth-order valence-electron chi connectivity index (χ4n) is 2.23. The predicted molar refractivity (Wildman–Crippen MR) is 79.8 cm³/mol. The molecule has 4 aromatic rings. The molecule has 0 amide bonds. The topological polar surface area (TPSA) is 47.3 Å². The summed E-state index contributed by atoms with van der Waals surface area (Å²) < 4.78 is 15.2. The average molecular weight is 297 g/mol. The maximum absolute atomic E-state index is 13.2. The van der Waals surface area contributed by atoms with Gasteiger partial charge in [-0.3, -0.25) is 4.79 Å². The van der Waals surface area contributed by atoms with E-state index >= 15 is 0 Å². The molecule has 102 valence electrons. The molecule has 0 fully saturated rings. The Hall–Kier alpha value is -2.60. The molecule has 0 aliphatic heterocycles. The highest BCUT2D eigenvalue weighted by atomic mass is 32.1. The van der Waals surface area contributed by atoms with E-state index < -0.39 is 0 Å². The molecule has 3 aromatic heterocycles. The third-order valence-electron chi connectivity index (χ3n) is 3.15. The number of hydrogen-bond acceptors (Lipinski definition) is 4. The third-order valence-corrected chi connectivity index (χ3v) is 4.12. The quantitative estimate of drug-likeness (QED) is 0.540. The van der Waals surface area contributed by atoms with Crippen molar-refractivity contribution >= 4 is 33.5 Å². The molecule has 6 heteroatoms. The Balaban J connectivity index is 2.03. The van der Waals surface area contributed by atoms with Crippen molar-refractivity contribution in [2.45, 2.75) is 0 Å². The van der Waals surface area contributed by atoms with E-state index in [0.717, 1.165) is 0 Å². The first-order chi connectivity index (χ1) is 10.2. The van der Waals surface area contributed by atoms with Gasteiger partial charge in [0.05, 0.1) is 4.53 Å². The number of thiazole rings is 1. The number of aromatic nitrogens is 3. The van der Waals surface area contributed by atoms with Crippen molar-refractivity contribution in [3.8, 4) is 0 Å². The molecular weight excluding hydrogens is 289 g/mol. The maximum Gasteiger partial charge on any atom is 0.276 e. The van der Waals surface area contributed by atoms with Gasteiger partial charge in [-0.05, 0) is 35.9 Å². The first-order valence-electron chi connectivity index (χ1n) is 6.26. The number of nitrogens with zero attached hydrogens (tertiary/aromatic N) is 3. The van der Waals surface area contributed by atoms with Crippen LogP contribution in [0.3, 0.4) is 0 Å². The van der Waals surface area contributed by atoms with Crippen LogP contribution in [0, 0.1) is 5.82 Å². The van der Waals surface area contributed by atoms with Gasteiger partial charge in [-0.2, -0.15) is 0 Å². The van der Waals surface area contributed by atoms with Crippen LogP contribution in [0.1, 0.15) is 5.56 Å². The Morgan fingerprint density at radius 1 is 1.24 bits per heavy atom. The van der Waals surface area contributed by atoms with E-state index in [1.54, 1.807) is 30.5 Å². The van der Waals surface area contributed by atoms with Crippen LogP contribution in [-0.2, 0) is 0 Å². The van der Waals surface area contributed by atoms with E-state index in [1.807, 2.05) is 6.07 Å². The summed E-state index contributed by atoms with van der Waals surface area (Å²) in [4.78, 5) is 21.6. The lowest BCUT2D eigenvalue weighted by molar-refractivity contribution is 0.627. The second-order valence-corrected chi connectivity index (χ2v) is 5.56. The summed E-state index contributed by atoms with van der Waals surface area (Å²) in [7, 11) is 0. The lowest BCUT2D eigenvalue weighted by atomic mass is 10.2. The van der Waals surface area contributed by atoms with Crippen LogP contribution in [0.25, 0.3) is 22.2 Å². The SMILES string of the molecule is O=c1/c(=C/c2cccc(F)c2)sc2nc3cccnc3n12. The van der Waals surface area contributed by atoms with Crippen molar-refractivity contribution in [3.63, 3.8) is 0 Å². The Labute approximate surface area is 121 Å². The summed E-state index contributed by atoms with van der Waals surface area (Å²) >= 11 is 1.27. The Morgan fingerprint density at radius 2 is 2.14 bits per heavy atom. The molecule has 4 rings (SSSR count). The number of imidazole rings is 1. The van der Waals surface area contributed by atoms with Crippen molar-refractivity contribution in [3.05, 3.63) is 68.9 Å². The van der Waals surface area contributed by atoms with Gasteiger partial charge in [0.1, 0.15) is 11.3 Å². The van der Waals surface area contributed by atoms with Gasteiger partial charge in [0.25, 0.3) is 5.56 Å². The fourth-order valence-corrected chi connectivity index (χ4v) is 3.21. The molecule has 0 unspecified atom stereocenters. The molecule has 1 aromatic carbocycles. The van der Waals surface area contributed by atoms with Crippen molar-refractivity contribution in [1.29, 1.82) is 0 Å². The van der Waals surface area contributed by atoms with E-state index in [4.69, 9.17) is 0 Å². The van der Waals surface area contributed by atoms with Gasteiger partial charge < -0.3 is 0 Å². The summed E-state index contributed by atoms with van der Waals surface area (Å²) in [6.07, 6.45) is 3.29. The number of benzene rings is 1. The Kier molecular flexibility index (Phi) is 2.58. The summed E-state index contributed by atoms with van der Waals surface area (Å²) in [6, 6.07) is 9.72. The zero-order valence-electron chi connectivity index (χ0n) is 10.7. The molecule has 3 heterocycles. The molecule has 21 heavy (non-hydrogen) atoms. The molecule has 0 saturated heterocycles. The van der Waals surface area contributed by atoms with E-state index in [0.29, 0.717) is 26.2 Å². The van der Waals surface area contributed by atoms with Crippen molar-refractivity contribution < 1.29 is 4.39 Å². The van der Waals surface area contributed by atoms with Gasteiger partial charge in [0, 0.05) is 6.20 Å². The lowest BCUT2D eigenvalue weighted by Gasteiger charge is -1.91.